The second-order valence-electron chi connectivity index (χ2n) is 7.63. The lowest BCUT2D eigenvalue weighted by Gasteiger charge is -2.30. The Hall–Kier alpha value is -2.02. The lowest BCUT2D eigenvalue weighted by Crippen LogP contribution is -2.37. The van der Waals surface area contributed by atoms with Gasteiger partial charge in [0.1, 0.15) is 11.6 Å². The predicted molar refractivity (Wildman–Crippen MR) is 114 cm³/mol. The van der Waals surface area contributed by atoms with E-state index in [9.17, 15) is 4.39 Å². The van der Waals surface area contributed by atoms with Gasteiger partial charge < -0.3 is 9.64 Å². The molecule has 3 heterocycles. The van der Waals surface area contributed by atoms with Crippen molar-refractivity contribution in [2.75, 3.05) is 44.3 Å². The molecule has 0 unspecified atom stereocenters. The minimum absolute atomic E-state index is 0.303. The van der Waals surface area contributed by atoms with Gasteiger partial charge in [0.15, 0.2) is 5.82 Å². The third-order valence-electron chi connectivity index (χ3n) is 5.66. The maximum Gasteiger partial charge on any atom is 0.157 e. The zero-order chi connectivity index (χ0) is 20.4. The lowest BCUT2D eigenvalue weighted by molar-refractivity contribution is 0.122. The summed E-state index contributed by atoms with van der Waals surface area (Å²) in [4.78, 5) is 14.3. The highest BCUT2D eigenvalue weighted by molar-refractivity contribution is 6.31. The van der Waals surface area contributed by atoms with Gasteiger partial charge in [-0.05, 0) is 43.5 Å². The molecule has 154 valence electrons. The maximum absolute atomic E-state index is 13.3. The number of benzene rings is 1. The highest BCUT2D eigenvalue weighted by atomic mass is 35.5. The van der Waals surface area contributed by atoms with E-state index in [0.717, 1.165) is 74.3 Å². The number of morpholine rings is 1. The van der Waals surface area contributed by atoms with Crippen molar-refractivity contribution in [3.63, 3.8) is 0 Å². The Balaban J connectivity index is 1.50. The van der Waals surface area contributed by atoms with Crippen LogP contribution in [-0.2, 0) is 11.3 Å². The van der Waals surface area contributed by atoms with Crippen molar-refractivity contribution in [1.29, 1.82) is 0 Å². The third-order valence-corrected chi connectivity index (χ3v) is 6.02. The van der Waals surface area contributed by atoms with Gasteiger partial charge in [-0.2, -0.15) is 0 Å². The summed E-state index contributed by atoms with van der Waals surface area (Å²) in [5.41, 5.74) is 4.29. The van der Waals surface area contributed by atoms with E-state index in [1.807, 2.05) is 0 Å². The molecule has 2 aromatic rings. The Kier molecular flexibility index (Phi) is 6.13. The number of nitrogens with zero attached hydrogens (tertiary/aromatic N) is 4. The number of ether oxygens (including phenoxy) is 1. The molecule has 0 aliphatic carbocycles. The summed E-state index contributed by atoms with van der Waals surface area (Å²) >= 11 is 6.18. The molecule has 0 saturated carbocycles. The van der Waals surface area contributed by atoms with E-state index in [4.69, 9.17) is 26.3 Å². The van der Waals surface area contributed by atoms with Gasteiger partial charge in [-0.25, -0.2) is 14.4 Å². The number of aryl methyl sites for hydroxylation is 1. The normalized spacial score (nSPS) is 18.1. The summed E-state index contributed by atoms with van der Waals surface area (Å²) in [6.07, 6.45) is 3.08. The van der Waals surface area contributed by atoms with Gasteiger partial charge in [0.25, 0.3) is 0 Å². The smallest absolute Gasteiger partial charge is 0.157 e. The van der Waals surface area contributed by atoms with Crippen LogP contribution in [0, 0.1) is 19.7 Å². The zero-order valence-corrected chi connectivity index (χ0v) is 17.7. The Labute approximate surface area is 176 Å². The van der Waals surface area contributed by atoms with E-state index < -0.39 is 0 Å². The fourth-order valence-corrected chi connectivity index (χ4v) is 4.02. The molecule has 4 rings (SSSR count). The van der Waals surface area contributed by atoms with Crippen LogP contribution in [0.25, 0.3) is 5.57 Å². The molecule has 29 heavy (non-hydrogen) atoms. The van der Waals surface area contributed by atoms with Crippen molar-refractivity contribution in [2.45, 2.75) is 26.8 Å². The van der Waals surface area contributed by atoms with Crippen LogP contribution < -0.4 is 4.90 Å². The molecule has 7 heteroatoms. The molecule has 0 atom stereocenters. The molecule has 0 N–H and O–H groups in total. The maximum atomic E-state index is 13.3. The van der Waals surface area contributed by atoms with Crippen molar-refractivity contribution in [2.24, 2.45) is 0 Å². The van der Waals surface area contributed by atoms with Gasteiger partial charge in [-0.3, -0.25) is 4.90 Å². The molecule has 2 aliphatic rings. The molecular weight excluding hydrogens is 391 g/mol. The number of aromatic nitrogens is 2. The molecule has 5 nitrogen and oxygen atoms in total. The van der Waals surface area contributed by atoms with Crippen molar-refractivity contribution >= 4 is 23.0 Å². The van der Waals surface area contributed by atoms with Gasteiger partial charge in [0, 0.05) is 49.0 Å². The van der Waals surface area contributed by atoms with Gasteiger partial charge in [-0.15, -0.1) is 0 Å². The summed E-state index contributed by atoms with van der Waals surface area (Å²) in [5.74, 6) is 1.55. The van der Waals surface area contributed by atoms with Crippen LogP contribution in [0.15, 0.2) is 24.3 Å². The van der Waals surface area contributed by atoms with Gasteiger partial charge in [-0.1, -0.05) is 23.7 Å². The summed E-state index contributed by atoms with van der Waals surface area (Å²) in [6, 6.07) is 4.60. The van der Waals surface area contributed by atoms with E-state index >= 15 is 0 Å². The average molecular weight is 417 g/mol. The van der Waals surface area contributed by atoms with E-state index in [1.165, 1.54) is 17.7 Å². The Bertz CT molecular complexity index is 927. The first-order valence-corrected chi connectivity index (χ1v) is 10.4. The van der Waals surface area contributed by atoms with E-state index in [0.29, 0.717) is 11.6 Å². The number of hydrogen-bond donors (Lipinski definition) is 0. The van der Waals surface area contributed by atoms with Crippen LogP contribution in [0.2, 0.25) is 5.02 Å². The topological polar surface area (TPSA) is 41.5 Å². The largest absolute Gasteiger partial charge is 0.378 e. The average Bonchev–Trinajstić information content (AvgIpc) is 2.73. The van der Waals surface area contributed by atoms with Crippen molar-refractivity contribution in [3.8, 4) is 0 Å². The molecule has 1 fully saturated rings. The van der Waals surface area contributed by atoms with E-state index in [-0.39, 0.29) is 5.82 Å². The Morgan fingerprint density at radius 1 is 1.14 bits per heavy atom. The molecule has 0 spiro atoms. The lowest BCUT2D eigenvalue weighted by atomic mass is 10.1. The number of anilines is 1. The van der Waals surface area contributed by atoms with Crippen LogP contribution in [0.3, 0.4) is 0 Å². The first-order chi connectivity index (χ1) is 14.0. The second kappa shape index (κ2) is 8.78. The molecular formula is C22H26ClFN4O. The van der Waals surface area contributed by atoms with Crippen LogP contribution in [0.4, 0.5) is 10.2 Å². The van der Waals surface area contributed by atoms with Crippen molar-refractivity contribution in [3.05, 3.63) is 57.8 Å². The molecule has 0 bridgehead atoms. The minimum atomic E-state index is -0.303. The molecule has 2 aliphatic heterocycles. The highest BCUT2D eigenvalue weighted by Crippen LogP contribution is 2.27. The Morgan fingerprint density at radius 3 is 2.62 bits per heavy atom. The minimum Gasteiger partial charge on any atom is -0.378 e. The third kappa shape index (κ3) is 4.60. The zero-order valence-electron chi connectivity index (χ0n) is 16.9. The van der Waals surface area contributed by atoms with Crippen LogP contribution in [0.1, 0.15) is 29.1 Å². The number of halogens is 2. The van der Waals surface area contributed by atoms with Gasteiger partial charge in [0.2, 0.25) is 0 Å². The quantitative estimate of drug-likeness (QED) is 0.753. The summed E-state index contributed by atoms with van der Waals surface area (Å²) in [5, 5.41) is 0.479. The van der Waals surface area contributed by atoms with Crippen molar-refractivity contribution < 1.29 is 9.13 Å². The molecule has 1 aromatic carbocycles. The van der Waals surface area contributed by atoms with Gasteiger partial charge >= 0.3 is 0 Å². The van der Waals surface area contributed by atoms with Crippen molar-refractivity contribution in [1.82, 2.24) is 14.9 Å². The summed E-state index contributed by atoms with van der Waals surface area (Å²) < 4.78 is 18.7. The monoisotopic (exact) mass is 416 g/mol. The number of rotatable bonds is 4. The SMILES string of the molecule is Cc1nc(C2=CCN(Cc3ccc(F)cc3Cl)CC2)nc(N2CCOCC2)c1C. The molecule has 1 saturated heterocycles. The first kappa shape index (κ1) is 20.3. The highest BCUT2D eigenvalue weighted by Gasteiger charge is 2.21. The van der Waals surface area contributed by atoms with Gasteiger partial charge in [0.05, 0.1) is 13.2 Å². The van der Waals surface area contributed by atoms with Crippen LogP contribution in [-0.4, -0.2) is 54.3 Å². The second-order valence-corrected chi connectivity index (χ2v) is 8.04. The summed E-state index contributed by atoms with van der Waals surface area (Å²) in [7, 11) is 0. The molecule has 1 aromatic heterocycles. The molecule has 0 amide bonds. The molecule has 0 radical (unpaired) electrons. The predicted octanol–water partition coefficient (Wildman–Crippen LogP) is 4.01. The van der Waals surface area contributed by atoms with Crippen LogP contribution >= 0.6 is 11.6 Å². The fourth-order valence-electron chi connectivity index (χ4n) is 3.79. The fraction of sp³-hybridized carbons (Fsp3) is 0.455. The van der Waals surface area contributed by atoms with E-state index in [2.05, 4.69) is 29.7 Å². The standard InChI is InChI=1S/C22H26ClFN4O/c1-15-16(2)25-21(26-22(15)28-9-11-29-12-10-28)17-5-7-27(8-6-17)14-18-3-4-19(24)13-20(18)23/h3-5,13H,6-12,14H2,1-2H3. The first-order valence-electron chi connectivity index (χ1n) is 10.0. The van der Waals surface area contributed by atoms with Crippen LogP contribution in [0.5, 0.6) is 0 Å². The summed E-state index contributed by atoms with van der Waals surface area (Å²) in [6.45, 7) is 9.74. The number of hydrogen-bond acceptors (Lipinski definition) is 5. The van der Waals surface area contributed by atoms with E-state index in [1.54, 1.807) is 6.07 Å². The Morgan fingerprint density at radius 2 is 1.93 bits per heavy atom.